The first-order valence-electron chi connectivity index (χ1n) is 7.89. The molecule has 1 heterocycles. The van der Waals surface area contributed by atoms with Gasteiger partial charge in [0.2, 0.25) is 0 Å². The van der Waals surface area contributed by atoms with Crippen LogP contribution < -0.4 is 0 Å². The van der Waals surface area contributed by atoms with E-state index in [2.05, 4.69) is 6.58 Å². The summed E-state index contributed by atoms with van der Waals surface area (Å²) >= 11 is 0. The van der Waals surface area contributed by atoms with Crippen LogP contribution in [0.3, 0.4) is 0 Å². The molecule has 0 aliphatic carbocycles. The van der Waals surface area contributed by atoms with Crippen LogP contribution in [0.2, 0.25) is 0 Å². The maximum absolute atomic E-state index is 12.3. The van der Waals surface area contributed by atoms with Crippen LogP contribution in [0.15, 0.2) is 61.2 Å². The second-order valence-electron chi connectivity index (χ2n) is 5.64. The van der Waals surface area contributed by atoms with Gasteiger partial charge in [-0.15, -0.1) is 6.58 Å². The van der Waals surface area contributed by atoms with Gasteiger partial charge in [0.15, 0.2) is 12.4 Å². The van der Waals surface area contributed by atoms with E-state index in [4.69, 9.17) is 4.74 Å². The van der Waals surface area contributed by atoms with Crippen LogP contribution in [0.5, 0.6) is 0 Å². The van der Waals surface area contributed by atoms with Gasteiger partial charge in [-0.1, -0.05) is 36.4 Å². The minimum atomic E-state index is -0.737. The molecule has 6 heteroatoms. The van der Waals surface area contributed by atoms with Crippen LogP contribution in [0, 0.1) is 0 Å². The van der Waals surface area contributed by atoms with Crippen molar-refractivity contribution in [2.24, 2.45) is 0 Å². The molecule has 0 saturated carbocycles. The third-order valence-corrected chi connectivity index (χ3v) is 3.95. The Morgan fingerprint density at radius 3 is 2.35 bits per heavy atom. The molecule has 3 rings (SSSR count). The molecule has 1 aliphatic heterocycles. The van der Waals surface area contributed by atoms with Crippen LogP contribution in [0.1, 0.15) is 41.4 Å². The first-order chi connectivity index (χ1) is 12.5. The van der Waals surface area contributed by atoms with Crippen LogP contribution in [-0.2, 0) is 4.74 Å². The third kappa shape index (κ3) is 3.17. The smallest absolute Gasteiger partial charge is 0.338 e. The predicted molar refractivity (Wildman–Crippen MR) is 93.1 cm³/mol. The van der Waals surface area contributed by atoms with Crippen molar-refractivity contribution in [3.05, 3.63) is 83.4 Å². The Morgan fingerprint density at radius 1 is 0.962 bits per heavy atom. The molecule has 0 saturated heterocycles. The number of benzene rings is 2. The zero-order chi connectivity index (χ0) is 18.7. The second-order valence-corrected chi connectivity index (χ2v) is 5.64. The number of hydrogen-bond donors (Lipinski definition) is 0. The summed E-state index contributed by atoms with van der Waals surface area (Å²) in [6.45, 7) is 3.20. The van der Waals surface area contributed by atoms with E-state index in [9.17, 15) is 19.2 Å². The molecule has 0 aromatic heterocycles. The number of fused-ring (bicyclic) bond motifs is 1. The number of carbonyl (C=O) groups is 4. The Morgan fingerprint density at radius 2 is 1.65 bits per heavy atom. The highest BCUT2D eigenvalue weighted by Gasteiger charge is 2.35. The quantitative estimate of drug-likeness (QED) is 0.346. The van der Waals surface area contributed by atoms with Gasteiger partial charge in [-0.05, 0) is 18.2 Å². The molecular weight excluding hydrogens is 334 g/mol. The molecule has 0 atom stereocenters. The van der Waals surface area contributed by atoms with Crippen molar-refractivity contribution >= 4 is 23.6 Å². The average molecular weight is 349 g/mol. The monoisotopic (exact) mass is 349 g/mol. The lowest BCUT2D eigenvalue weighted by atomic mass is 10.1. The maximum atomic E-state index is 12.3. The van der Waals surface area contributed by atoms with E-state index >= 15 is 0 Å². The van der Waals surface area contributed by atoms with Gasteiger partial charge < -0.3 is 4.74 Å². The Bertz CT molecular complexity index is 917. The summed E-state index contributed by atoms with van der Waals surface area (Å²) in [5.41, 5.74) is 0.913. The van der Waals surface area contributed by atoms with Crippen molar-refractivity contribution in [1.29, 1.82) is 0 Å². The van der Waals surface area contributed by atoms with Gasteiger partial charge in [0, 0.05) is 12.1 Å². The minimum Gasteiger partial charge on any atom is -0.454 e. The highest BCUT2D eigenvalue weighted by atomic mass is 16.5. The fraction of sp³-hybridized carbons (Fsp3) is 0.100. The van der Waals surface area contributed by atoms with Crippen molar-refractivity contribution in [2.45, 2.75) is 0 Å². The van der Waals surface area contributed by atoms with Crippen LogP contribution in [-0.4, -0.2) is 41.6 Å². The number of nitrogens with zero attached hydrogens (tertiary/aromatic N) is 1. The van der Waals surface area contributed by atoms with Crippen molar-refractivity contribution in [3.8, 4) is 0 Å². The molecule has 0 fully saturated rings. The summed E-state index contributed by atoms with van der Waals surface area (Å²) in [6, 6.07) is 12.6. The number of carbonyl (C=O) groups excluding carboxylic acids is 4. The summed E-state index contributed by atoms with van der Waals surface area (Å²) in [5, 5.41) is 0. The first-order valence-corrected chi connectivity index (χ1v) is 7.89. The number of imide groups is 1. The largest absolute Gasteiger partial charge is 0.454 e. The van der Waals surface area contributed by atoms with Gasteiger partial charge in [0.25, 0.3) is 11.8 Å². The minimum absolute atomic E-state index is 0.0949. The van der Waals surface area contributed by atoms with E-state index in [1.807, 2.05) is 0 Å². The number of Topliss-reactive ketones (excluding diaryl/α,β-unsaturated/α-hetero) is 1. The molecule has 0 bridgehead atoms. The van der Waals surface area contributed by atoms with Gasteiger partial charge in [0.1, 0.15) is 0 Å². The van der Waals surface area contributed by atoms with E-state index in [0.29, 0.717) is 5.56 Å². The first kappa shape index (κ1) is 17.3. The summed E-state index contributed by atoms with van der Waals surface area (Å²) in [5.74, 6) is -1.98. The van der Waals surface area contributed by atoms with E-state index in [0.717, 1.165) is 4.90 Å². The molecule has 130 valence electrons. The van der Waals surface area contributed by atoms with Crippen LogP contribution in [0.25, 0.3) is 0 Å². The van der Waals surface area contributed by atoms with Gasteiger partial charge in [0.05, 0.1) is 16.7 Å². The van der Waals surface area contributed by atoms with E-state index in [1.165, 1.54) is 24.3 Å². The number of ketones is 1. The van der Waals surface area contributed by atoms with Gasteiger partial charge in [-0.2, -0.15) is 0 Å². The number of esters is 1. The fourth-order valence-electron chi connectivity index (χ4n) is 2.63. The molecule has 0 unspecified atom stereocenters. The van der Waals surface area contributed by atoms with Gasteiger partial charge >= 0.3 is 5.97 Å². The van der Waals surface area contributed by atoms with Crippen molar-refractivity contribution in [1.82, 2.24) is 4.90 Å². The SMILES string of the molecule is C=CCN1C(=O)c2ccc(C(=O)OCC(=O)c3ccccc3)cc2C1=O. The summed E-state index contributed by atoms with van der Waals surface area (Å²) in [4.78, 5) is 49.6. The van der Waals surface area contributed by atoms with Crippen LogP contribution >= 0.6 is 0 Å². The Labute approximate surface area is 149 Å². The fourth-order valence-corrected chi connectivity index (χ4v) is 2.63. The standard InChI is InChI=1S/C20H15NO5/c1-2-10-21-18(23)15-9-8-14(11-16(15)19(21)24)20(25)26-12-17(22)13-6-4-3-5-7-13/h2-9,11H,1,10,12H2. The molecule has 2 aromatic carbocycles. The summed E-state index contributed by atoms with van der Waals surface area (Å²) in [6.07, 6.45) is 1.45. The second kappa shape index (κ2) is 7.14. The summed E-state index contributed by atoms with van der Waals surface area (Å²) in [7, 11) is 0. The number of rotatable bonds is 6. The topological polar surface area (TPSA) is 80.8 Å². The maximum Gasteiger partial charge on any atom is 0.338 e. The Balaban J connectivity index is 1.72. The van der Waals surface area contributed by atoms with Crippen LogP contribution in [0.4, 0.5) is 0 Å². The van der Waals surface area contributed by atoms with E-state index in [1.54, 1.807) is 30.3 Å². The lowest BCUT2D eigenvalue weighted by Crippen LogP contribution is -2.29. The summed E-state index contributed by atoms with van der Waals surface area (Å²) < 4.78 is 5.03. The average Bonchev–Trinajstić information content (AvgIpc) is 2.91. The zero-order valence-corrected chi connectivity index (χ0v) is 13.8. The molecule has 0 N–H and O–H groups in total. The lowest BCUT2D eigenvalue weighted by molar-refractivity contribution is 0.0474. The molecule has 6 nitrogen and oxygen atoms in total. The Kier molecular flexibility index (Phi) is 4.75. The molecule has 0 radical (unpaired) electrons. The van der Waals surface area contributed by atoms with Gasteiger partial charge in [-0.25, -0.2) is 4.79 Å². The normalized spacial score (nSPS) is 12.7. The third-order valence-electron chi connectivity index (χ3n) is 3.95. The molecule has 26 heavy (non-hydrogen) atoms. The highest BCUT2D eigenvalue weighted by Crippen LogP contribution is 2.24. The van der Waals surface area contributed by atoms with Crippen molar-refractivity contribution in [2.75, 3.05) is 13.2 Å². The predicted octanol–water partition coefficient (Wildman–Crippen LogP) is 2.51. The number of ether oxygens (including phenoxy) is 1. The van der Waals surface area contributed by atoms with Gasteiger partial charge in [-0.3, -0.25) is 19.3 Å². The highest BCUT2D eigenvalue weighted by molar-refractivity contribution is 6.22. The Hall–Kier alpha value is -3.54. The molecule has 2 amide bonds. The zero-order valence-electron chi connectivity index (χ0n) is 13.8. The van der Waals surface area contributed by atoms with Crippen molar-refractivity contribution in [3.63, 3.8) is 0 Å². The molecule has 0 spiro atoms. The molecular formula is C20H15NO5. The lowest BCUT2D eigenvalue weighted by Gasteiger charge is -2.09. The molecule has 1 aliphatic rings. The van der Waals surface area contributed by atoms with E-state index < -0.39 is 24.4 Å². The number of amides is 2. The van der Waals surface area contributed by atoms with E-state index in [-0.39, 0.29) is 29.0 Å². The van der Waals surface area contributed by atoms with Crippen molar-refractivity contribution < 1.29 is 23.9 Å². The molecule has 2 aromatic rings. The number of hydrogen-bond acceptors (Lipinski definition) is 5.